The normalized spacial score (nSPS) is 23.1. The minimum absolute atomic E-state index is 0.167. The molecule has 0 amide bonds. The van der Waals surface area contributed by atoms with Crippen LogP contribution in [0.15, 0.2) is 24.3 Å². The summed E-state index contributed by atoms with van der Waals surface area (Å²) in [5.41, 5.74) is 0.585. The van der Waals surface area contributed by atoms with E-state index in [1.807, 2.05) is 13.0 Å². The molecule has 0 aromatic heterocycles. The van der Waals surface area contributed by atoms with Crippen molar-refractivity contribution in [1.82, 2.24) is 0 Å². The molecule has 1 heteroatoms. The summed E-state index contributed by atoms with van der Waals surface area (Å²) in [6.07, 6.45) is 8.52. The highest BCUT2D eigenvalue weighted by Gasteiger charge is 2.50. The van der Waals surface area contributed by atoms with E-state index in [-0.39, 0.29) is 5.41 Å². The van der Waals surface area contributed by atoms with Gasteiger partial charge in [0.2, 0.25) is 0 Å². The van der Waals surface area contributed by atoms with Crippen molar-refractivity contribution in [1.29, 1.82) is 0 Å². The van der Waals surface area contributed by atoms with Crippen LogP contribution in [0.2, 0.25) is 0 Å². The second kappa shape index (κ2) is 4.75. The second-order valence-electron chi connectivity index (χ2n) is 5.86. The molecule has 92 valence electrons. The Balaban J connectivity index is 2.68. The van der Waals surface area contributed by atoms with Gasteiger partial charge in [0.15, 0.2) is 0 Å². The van der Waals surface area contributed by atoms with Crippen LogP contribution in [0.5, 0.6) is 0 Å². The van der Waals surface area contributed by atoms with Gasteiger partial charge in [0.05, 0.1) is 5.60 Å². The van der Waals surface area contributed by atoms with E-state index < -0.39 is 5.60 Å². The maximum Gasteiger partial charge on any atom is 0.0735 e. The van der Waals surface area contributed by atoms with Crippen LogP contribution in [0, 0.1) is 11.3 Å². The fourth-order valence-corrected chi connectivity index (χ4v) is 2.33. The van der Waals surface area contributed by atoms with E-state index >= 15 is 0 Å². The van der Waals surface area contributed by atoms with E-state index in [0.717, 1.165) is 12.8 Å². The lowest BCUT2D eigenvalue weighted by Crippen LogP contribution is -2.44. The van der Waals surface area contributed by atoms with Crippen molar-refractivity contribution in [3.63, 3.8) is 0 Å². The molecule has 1 nitrogen and oxygen atoms in total. The van der Waals surface area contributed by atoms with Gasteiger partial charge in [-0.05, 0) is 52.4 Å². The molecule has 1 N–H and O–H groups in total. The highest BCUT2D eigenvalue weighted by molar-refractivity contribution is 5.10. The average Bonchev–Trinajstić information content (AvgIpc) is 2.99. The summed E-state index contributed by atoms with van der Waals surface area (Å²) < 4.78 is 0. The van der Waals surface area contributed by atoms with Crippen molar-refractivity contribution in [2.24, 2.45) is 11.3 Å². The number of aliphatic hydroxyl groups is 1. The van der Waals surface area contributed by atoms with E-state index in [0.29, 0.717) is 5.92 Å². The molecular formula is C15H26O. The summed E-state index contributed by atoms with van der Waals surface area (Å²) in [7, 11) is 0. The lowest BCUT2D eigenvalue weighted by molar-refractivity contribution is -0.0572. The van der Waals surface area contributed by atoms with Crippen LogP contribution in [0.4, 0.5) is 0 Å². The van der Waals surface area contributed by atoms with Gasteiger partial charge >= 0.3 is 0 Å². The minimum Gasteiger partial charge on any atom is -0.389 e. The smallest absolute Gasteiger partial charge is 0.0735 e. The Kier molecular flexibility index (Phi) is 4.01. The third kappa shape index (κ3) is 2.76. The number of allylic oxidation sites excluding steroid dienone is 2. The molecule has 0 aromatic carbocycles. The zero-order valence-electron chi connectivity index (χ0n) is 11.2. The summed E-state index contributed by atoms with van der Waals surface area (Å²) in [4.78, 5) is 0. The fraction of sp³-hybridized carbons (Fsp3) is 0.733. The number of rotatable bonds is 6. The Morgan fingerprint density at radius 2 is 1.94 bits per heavy atom. The van der Waals surface area contributed by atoms with Gasteiger partial charge in [0, 0.05) is 5.41 Å². The van der Waals surface area contributed by atoms with Crippen LogP contribution >= 0.6 is 0 Å². The van der Waals surface area contributed by atoms with E-state index in [9.17, 15) is 5.11 Å². The summed E-state index contributed by atoms with van der Waals surface area (Å²) in [5.74, 6) is 0.474. The summed E-state index contributed by atoms with van der Waals surface area (Å²) in [6.45, 7) is 12.3. The highest BCUT2D eigenvalue weighted by Crippen LogP contribution is 2.51. The molecule has 1 fully saturated rings. The van der Waals surface area contributed by atoms with Crippen molar-refractivity contribution < 1.29 is 5.11 Å². The van der Waals surface area contributed by atoms with Gasteiger partial charge in [0.1, 0.15) is 0 Å². The predicted octanol–water partition coefficient (Wildman–Crippen LogP) is 4.09. The van der Waals surface area contributed by atoms with Crippen molar-refractivity contribution >= 4 is 0 Å². The van der Waals surface area contributed by atoms with Gasteiger partial charge in [-0.3, -0.25) is 0 Å². The minimum atomic E-state index is -0.593. The van der Waals surface area contributed by atoms with Crippen LogP contribution in [0.25, 0.3) is 0 Å². The second-order valence-corrected chi connectivity index (χ2v) is 5.86. The molecule has 0 spiro atoms. The fourth-order valence-electron chi connectivity index (χ4n) is 2.33. The van der Waals surface area contributed by atoms with Gasteiger partial charge in [0.25, 0.3) is 0 Å². The van der Waals surface area contributed by atoms with Crippen molar-refractivity contribution in [3.05, 3.63) is 24.3 Å². The lowest BCUT2D eigenvalue weighted by Gasteiger charge is -2.41. The number of hydrogen-bond donors (Lipinski definition) is 1. The Morgan fingerprint density at radius 1 is 1.38 bits per heavy atom. The zero-order valence-corrected chi connectivity index (χ0v) is 11.2. The first-order valence-corrected chi connectivity index (χ1v) is 6.33. The van der Waals surface area contributed by atoms with E-state index in [1.165, 1.54) is 18.4 Å². The molecular weight excluding hydrogens is 196 g/mol. The largest absolute Gasteiger partial charge is 0.389 e. The summed E-state index contributed by atoms with van der Waals surface area (Å²) in [6, 6.07) is 0. The summed E-state index contributed by atoms with van der Waals surface area (Å²) in [5, 5.41) is 10.6. The first-order valence-electron chi connectivity index (χ1n) is 6.33. The molecule has 0 aliphatic heterocycles. The Morgan fingerprint density at radius 3 is 2.31 bits per heavy atom. The zero-order chi connectivity index (χ0) is 12.4. The Labute approximate surface area is 100 Å². The predicted molar refractivity (Wildman–Crippen MR) is 70.3 cm³/mol. The molecule has 0 bridgehead atoms. The van der Waals surface area contributed by atoms with Gasteiger partial charge in [-0.2, -0.15) is 0 Å². The van der Waals surface area contributed by atoms with Gasteiger partial charge in [-0.1, -0.05) is 24.6 Å². The molecule has 1 rings (SSSR count). The third-order valence-electron chi connectivity index (χ3n) is 4.20. The van der Waals surface area contributed by atoms with Gasteiger partial charge in [-0.25, -0.2) is 0 Å². The number of hydrogen-bond acceptors (Lipinski definition) is 1. The van der Waals surface area contributed by atoms with Crippen LogP contribution in [-0.4, -0.2) is 10.7 Å². The molecule has 0 radical (unpaired) electrons. The molecule has 0 aromatic rings. The van der Waals surface area contributed by atoms with Crippen LogP contribution in [0.1, 0.15) is 53.4 Å². The first kappa shape index (κ1) is 13.5. The molecule has 0 heterocycles. The maximum atomic E-state index is 10.6. The molecule has 0 unspecified atom stereocenters. The molecule has 2 atom stereocenters. The molecule has 1 aliphatic rings. The first-order chi connectivity index (χ1) is 7.33. The Bertz CT molecular complexity index is 280. The molecule has 1 saturated carbocycles. The van der Waals surface area contributed by atoms with E-state index in [1.54, 1.807) is 0 Å². The quantitative estimate of drug-likeness (QED) is 0.671. The van der Waals surface area contributed by atoms with E-state index in [2.05, 4.69) is 33.4 Å². The standard InChI is InChI=1S/C15H26O/c1-6-14(4,11-7-8-12(2)3)15(5,16)13-9-10-13/h6,8,13,16H,1,7,9-11H2,2-5H3/t14-,15-/m1/s1. The van der Waals surface area contributed by atoms with Gasteiger partial charge < -0.3 is 5.11 Å². The third-order valence-corrected chi connectivity index (χ3v) is 4.20. The van der Waals surface area contributed by atoms with E-state index in [4.69, 9.17) is 0 Å². The highest BCUT2D eigenvalue weighted by atomic mass is 16.3. The Hall–Kier alpha value is -0.560. The molecule has 0 saturated heterocycles. The molecule has 1 aliphatic carbocycles. The van der Waals surface area contributed by atoms with Crippen molar-refractivity contribution in [2.45, 2.75) is 59.0 Å². The monoisotopic (exact) mass is 222 g/mol. The average molecular weight is 222 g/mol. The van der Waals surface area contributed by atoms with Crippen LogP contribution in [0.3, 0.4) is 0 Å². The van der Waals surface area contributed by atoms with Gasteiger partial charge in [-0.15, -0.1) is 6.58 Å². The van der Waals surface area contributed by atoms with Crippen molar-refractivity contribution in [3.8, 4) is 0 Å². The van der Waals surface area contributed by atoms with Crippen LogP contribution < -0.4 is 0 Å². The van der Waals surface area contributed by atoms with Crippen LogP contribution in [-0.2, 0) is 0 Å². The topological polar surface area (TPSA) is 20.2 Å². The molecule has 16 heavy (non-hydrogen) atoms. The lowest BCUT2D eigenvalue weighted by atomic mass is 9.69. The maximum absolute atomic E-state index is 10.6. The SMILES string of the molecule is C=C[C@](C)(CCC=C(C)C)[C@](C)(O)C1CC1. The summed E-state index contributed by atoms with van der Waals surface area (Å²) >= 11 is 0. The van der Waals surface area contributed by atoms with Crippen molar-refractivity contribution in [2.75, 3.05) is 0 Å².